The Morgan fingerprint density at radius 3 is 1.73 bits per heavy atom. The molecule has 0 unspecified atom stereocenters. The number of nitrogens with zero attached hydrogens (tertiary/aromatic N) is 1. The summed E-state index contributed by atoms with van der Waals surface area (Å²) in [7, 11) is 0. The van der Waals surface area contributed by atoms with Crippen LogP contribution in [0.5, 0.6) is 0 Å². The van der Waals surface area contributed by atoms with E-state index in [0.717, 1.165) is 50.1 Å². The fourth-order valence-corrected chi connectivity index (χ4v) is 10.6. The van der Waals surface area contributed by atoms with Gasteiger partial charge in [0.15, 0.2) is 0 Å². The van der Waals surface area contributed by atoms with Crippen molar-refractivity contribution in [3.8, 4) is 33.4 Å². The first-order valence-electron chi connectivity index (χ1n) is 20.9. The Bertz CT molecular complexity index is 3240. The van der Waals surface area contributed by atoms with Crippen LogP contribution in [0.2, 0.25) is 0 Å². The third-order valence-electron chi connectivity index (χ3n) is 13.4. The summed E-state index contributed by atoms with van der Waals surface area (Å²) in [5.74, 6) is 0. The highest BCUT2D eigenvalue weighted by atomic mass is 16.3. The standard InChI is InChI=1S/C58H41NO/c1-57(2)49-23-12-9-20-44(49)45-34-33-43(37-52(45)57)59(42-31-28-38(29-32-42)39-30-35-55-48(36-39)46-21-11-14-27-54(46)60-55)53-26-15-25-51-56(53)47-22-10-13-24-50(47)58(51,40-16-5-3-6-17-40)41-18-7-4-8-19-41/h3-37H,1-2H3. The van der Waals surface area contributed by atoms with E-state index in [-0.39, 0.29) is 5.41 Å². The van der Waals surface area contributed by atoms with Crippen LogP contribution in [0, 0.1) is 0 Å². The van der Waals surface area contributed by atoms with Crippen molar-refractivity contribution >= 4 is 39.0 Å². The Morgan fingerprint density at radius 2 is 0.967 bits per heavy atom. The molecule has 0 bridgehead atoms. The predicted octanol–water partition coefficient (Wildman–Crippen LogP) is 15.4. The van der Waals surface area contributed by atoms with Gasteiger partial charge in [-0.05, 0) is 110 Å². The molecule has 0 aliphatic heterocycles. The predicted molar refractivity (Wildman–Crippen MR) is 249 cm³/mol. The Kier molecular flexibility index (Phi) is 7.52. The van der Waals surface area contributed by atoms with Crippen molar-refractivity contribution in [3.63, 3.8) is 0 Å². The largest absolute Gasteiger partial charge is 0.456 e. The fraction of sp³-hybridized carbons (Fsp3) is 0.0690. The zero-order valence-corrected chi connectivity index (χ0v) is 33.6. The molecule has 284 valence electrons. The topological polar surface area (TPSA) is 16.4 Å². The second-order valence-electron chi connectivity index (χ2n) is 16.8. The number of hydrogen-bond donors (Lipinski definition) is 0. The average molecular weight is 768 g/mol. The molecule has 0 N–H and O–H groups in total. The van der Waals surface area contributed by atoms with Gasteiger partial charge in [-0.1, -0.05) is 178 Å². The molecular weight excluding hydrogens is 727 g/mol. The minimum absolute atomic E-state index is 0.144. The lowest BCUT2D eigenvalue weighted by atomic mass is 9.68. The molecule has 0 amide bonds. The number of furan rings is 1. The molecule has 10 aromatic rings. The van der Waals surface area contributed by atoms with Crippen molar-refractivity contribution in [2.24, 2.45) is 0 Å². The number of para-hydroxylation sites is 1. The van der Waals surface area contributed by atoms with Crippen molar-refractivity contribution < 1.29 is 4.42 Å². The van der Waals surface area contributed by atoms with Crippen LogP contribution in [0.4, 0.5) is 17.1 Å². The molecule has 0 atom stereocenters. The monoisotopic (exact) mass is 767 g/mol. The minimum atomic E-state index is -0.503. The normalized spacial score (nSPS) is 14.1. The number of rotatable bonds is 6. The molecule has 12 rings (SSSR count). The van der Waals surface area contributed by atoms with Crippen LogP contribution in [-0.4, -0.2) is 0 Å². The second-order valence-corrected chi connectivity index (χ2v) is 16.8. The third-order valence-corrected chi connectivity index (χ3v) is 13.4. The number of hydrogen-bond acceptors (Lipinski definition) is 2. The average Bonchev–Trinajstić information content (AvgIpc) is 3.91. The van der Waals surface area contributed by atoms with E-state index < -0.39 is 5.41 Å². The Morgan fingerprint density at radius 1 is 0.383 bits per heavy atom. The molecule has 2 aliphatic rings. The van der Waals surface area contributed by atoms with Crippen LogP contribution >= 0.6 is 0 Å². The number of benzene rings is 9. The third kappa shape index (κ3) is 4.88. The Balaban J connectivity index is 1.09. The van der Waals surface area contributed by atoms with Crippen molar-refractivity contribution in [2.75, 3.05) is 4.90 Å². The molecule has 2 heteroatoms. The van der Waals surface area contributed by atoms with E-state index in [4.69, 9.17) is 4.42 Å². The lowest BCUT2D eigenvalue weighted by molar-refractivity contribution is 0.660. The van der Waals surface area contributed by atoms with Crippen LogP contribution in [-0.2, 0) is 10.8 Å². The van der Waals surface area contributed by atoms with Crippen LogP contribution in [0.15, 0.2) is 217 Å². The highest BCUT2D eigenvalue weighted by Gasteiger charge is 2.47. The smallest absolute Gasteiger partial charge is 0.135 e. The number of anilines is 3. The van der Waals surface area contributed by atoms with Gasteiger partial charge in [-0.2, -0.15) is 0 Å². The van der Waals surface area contributed by atoms with E-state index in [0.29, 0.717) is 0 Å². The van der Waals surface area contributed by atoms with Crippen LogP contribution < -0.4 is 4.90 Å². The van der Waals surface area contributed by atoms with E-state index >= 15 is 0 Å². The first-order valence-corrected chi connectivity index (χ1v) is 20.9. The van der Waals surface area contributed by atoms with Crippen molar-refractivity contribution in [3.05, 3.63) is 246 Å². The van der Waals surface area contributed by atoms with Gasteiger partial charge in [-0.3, -0.25) is 0 Å². The van der Waals surface area contributed by atoms with E-state index in [1.807, 2.05) is 12.1 Å². The van der Waals surface area contributed by atoms with Crippen LogP contribution in [0.3, 0.4) is 0 Å². The first-order chi connectivity index (χ1) is 29.5. The van der Waals surface area contributed by atoms with E-state index in [1.165, 1.54) is 55.6 Å². The zero-order chi connectivity index (χ0) is 40.0. The zero-order valence-electron chi connectivity index (χ0n) is 33.6. The Hall–Kier alpha value is -7.42. The molecule has 0 saturated carbocycles. The first kappa shape index (κ1) is 34.6. The maximum Gasteiger partial charge on any atom is 0.135 e. The molecule has 0 saturated heterocycles. The fourth-order valence-electron chi connectivity index (χ4n) is 10.6. The minimum Gasteiger partial charge on any atom is -0.456 e. The maximum absolute atomic E-state index is 6.18. The van der Waals surface area contributed by atoms with Gasteiger partial charge < -0.3 is 9.32 Å². The lowest BCUT2D eigenvalue weighted by Crippen LogP contribution is -2.28. The summed E-state index contributed by atoms with van der Waals surface area (Å²) >= 11 is 0. The molecule has 0 fully saturated rings. The van der Waals surface area contributed by atoms with Crippen molar-refractivity contribution in [1.29, 1.82) is 0 Å². The molecule has 60 heavy (non-hydrogen) atoms. The highest BCUT2D eigenvalue weighted by molar-refractivity contribution is 6.06. The quantitative estimate of drug-likeness (QED) is 0.168. The van der Waals surface area contributed by atoms with Gasteiger partial charge in [-0.25, -0.2) is 0 Å². The molecule has 1 heterocycles. The van der Waals surface area contributed by atoms with Crippen molar-refractivity contribution in [2.45, 2.75) is 24.7 Å². The summed E-state index contributed by atoms with van der Waals surface area (Å²) in [5.41, 5.74) is 19.9. The second kappa shape index (κ2) is 13.0. The summed E-state index contributed by atoms with van der Waals surface area (Å²) < 4.78 is 6.18. The summed E-state index contributed by atoms with van der Waals surface area (Å²) in [6.07, 6.45) is 0. The SMILES string of the molecule is CC1(C)c2ccccc2-c2ccc(N(c3ccc(-c4ccc5oc6ccccc6c5c4)cc3)c3cccc4c3-c3ccccc3C4(c3ccccc3)c3ccccc3)cc21. The molecule has 1 aromatic heterocycles. The lowest BCUT2D eigenvalue weighted by Gasteiger charge is -2.34. The molecule has 0 spiro atoms. The summed E-state index contributed by atoms with van der Waals surface area (Å²) in [6, 6.07) is 78.1. The van der Waals surface area contributed by atoms with Gasteiger partial charge in [0.1, 0.15) is 11.2 Å². The van der Waals surface area contributed by atoms with Gasteiger partial charge in [0, 0.05) is 33.1 Å². The molecule has 0 radical (unpaired) electrons. The van der Waals surface area contributed by atoms with Crippen LogP contribution in [0.1, 0.15) is 47.2 Å². The van der Waals surface area contributed by atoms with Gasteiger partial charge in [0.2, 0.25) is 0 Å². The highest BCUT2D eigenvalue weighted by Crippen LogP contribution is 2.60. The number of fused-ring (bicyclic) bond motifs is 9. The summed E-state index contributed by atoms with van der Waals surface area (Å²) in [4.78, 5) is 2.50. The van der Waals surface area contributed by atoms with Gasteiger partial charge in [-0.15, -0.1) is 0 Å². The van der Waals surface area contributed by atoms with E-state index in [9.17, 15) is 0 Å². The molecule has 2 aliphatic carbocycles. The Labute approximate surface area is 350 Å². The molecular formula is C58H41NO. The molecule has 9 aromatic carbocycles. The molecule has 2 nitrogen and oxygen atoms in total. The summed E-state index contributed by atoms with van der Waals surface area (Å²) in [5, 5.41) is 2.27. The van der Waals surface area contributed by atoms with Gasteiger partial charge in [0.25, 0.3) is 0 Å². The summed E-state index contributed by atoms with van der Waals surface area (Å²) in [6.45, 7) is 4.73. The van der Waals surface area contributed by atoms with Gasteiger partial charge in [0.05, 0.1) is 11.1 Å². The maximum atomic E-state index is 6.18. The van der Waals surface area contributed by atoms with Crippen LogP contribution in [0.25, 0.3) is 55.3 Å². The van der Waals surface area contributed by atoms with Crippen molar-refractivity contribution in [1.82, 2.24) is 0 Å². The van der Waals surface area contributed by atoms with E-state index in [1.54, 1.807) is 0 Å². The van der Waals surface area contributed by atoms with E-state index in [2.05, 4.69) is 219 Å². The van der Waals surface area contributed by atoms with Gasteiger partial charge >= 0.3 is 0 Å².